The van der Waals surface area contributed by atoms with Gasteiger partial charge in [0.1, 0.15) is 0 Å². The van der Waals surface area contributed by atoms with Gasteiger partial charge < -0.3 is 4.74 Å². The molecule has 0 radical (unpaired) electrons. The summed E-state index contributed by atoms with van der Waals surface area (Å²) in [5.74, 6) is 0.944. The van der Waals surface area contributed by atoms with E-state index in [0.717, 1.165) is 12.3 Å². The smallest absolute Gasteiger partial charge is 0.0657 e. The fourth-order valence-electron chi connectivity index (χ4n) is 3.42. The van der Waals surface area contributed by atoms with E-state index in [-0.39, 0.29) is 5.60 Å². The van der Waals surface area contributed by atoms with Gasteiger partial charge in [-0.1, -0.05) is 75.4 Å². The number of hydrogen-bond acceptors (Lipinski definition) is 1. The highest BCUT2D eigenvalue weighted by Crippen LogP contribution is 2.30. The van der Waals surface area contributed by atoms with Crippen LogP contribution in [0.4, 0.5) is 0 Å². The maximum absolute atomic E-state index is 6.10. The zero-order chi connectivity index (χ0) is 16.5. The summed E-state index contributed by atoms with van der Waals surface area (Å²) in [6.07, 6.45) is 15.1. The Morgan fingerprint density at radius 2 is 1.78 bits per heavy atom. The molecule has 1 aliphatic rings. The fraction of sp³-hybridized carbons (Fsp3) is 0.636. The molecular weight excluding hydrogens is 280 g/mol. The third-order valence-electron chi connectivity index (χ3n) is 5.15. The number of benzene rings is 1. The van der Waals surface area contributed by atoms with Crippen LogP contribution in [0.5, 0.6) is 0 Å². The van der Waals surface area contributed by atoms with Gasteiger partial charge in [0, 0.05) is 0 Å². The van der Waals surface area contributed by atoms with Crippen LogP contribution in [0.15, 0.2) is 30.3 Å². The second kappa shape index (κ2) is 9.27. The zero-order valence-corrected chi connectivity index (χ0v) is 15.3. The van der Waals surface area contributed by atoms with Crippen LogP contribution in [0.1, 0.15) is 76.8 Å². The average molecular weight is 315 g/mol. The first-order valence-electron chi connectivity index (χ1n) is 9.48. The first-order valence-corrected chi connectivity index (χ1v) is 9.48. The lowest BCUT2D eigenvalue weighted by Crippen LogP contribution is -2.25. The normalized spacial score (nSPS) is 17.0. The van der Waals surface area contributed by atoms with E-state index in [1.165, 1.54) is 56.1 Å². The van der Waals surface area contributed by atoms with Crippen molar-refractivity contribution < 1.29 is 4.74 Å². The maximum atomic E-state index is 6.10. The Hall–Kier alpha value is -1.08. The molecule has 0 unspecified atom stereocenters. The Morgan fingerprint density at radius 1 is 1.09 bits per heavy atom. The Balaban J connectivity index is 1.69. The van der Waals surface area contributed by atoms with Gasteiger partial charge in [-0.15, -0.1) is 0 Å². The molecule has 0 atom stereocenters. The largest absolute Gasteiger partial charge is 0.372 e. The highest BCUT2D eigenvalue weighted by molar-refractivity contribution is 5.49. The second-order valence-corrected chi connectivity index (χ2v) is 7.61. The van der Waals surface area contributed by atoms with Gasteiger partial charge in [-0.25, -0.2) is 0 Å². The lowest BCUT2D eigenvalue weighted by Gasteiger charge is -2.28. The molecule has 0 spiro atoms. The summed E-state index contributed by atoms with van der Waals surface area (Å²) in [7, 11) is 0. The Morgan fingerprint density at radius 3 is 2.43 bits per heavy atom. The van der Waals surface area contributed by atoms with E-state index in [1.54, 1.807) is 0 Å². The van der Waals surface area contributed by atoms with E-state index in [4.69, 9.17) is 4.74 Å². The van der Waals surface area contributed by atoms with Crippen molar-refractivity contribution in [2.75, 3.05) is 6.61 Å². The first kappa shape index (κ1) is 18.3. The predicted octanol–water partition coefficient (Wildman–Crippen LogP) is 6.42. The molecule has 0 amide bonds. The molecule has 0 saturated heterocycles. The van der Waals surface area contributed by atoms with Crippen LogP contribution in [-0.2, 0) is 11.2 Å². The highest BCUT2D eigenvalue weighted by atomic mass is 16.5. The van der Waals surface area contributed by atoms with Crippen molar-refractivity contribution in [3.63, 3.8) is 0 Å². The lowest BCUT2D eigenvalue weighted by molar-refractivity contribution is -0.0124. The molecule has 128 valence electrons. The van der Waals surface area contributed by atoms with Crippen LogP contribution in [0.25, 0.3) is 6.08 Å². The second-order valence-electron chi connectivity index (χ2n) is 7.61. The van der Waals surface area contributed by atoms with Gasteiger partial charge in [-0.3, -0.25) is 0 Å². The SMILES string of the molecule is CCc1ccc(/C=C/COC(C)(C)CCC2CCCCC2)cc1. The summed E-state index contributed by atoms with van der Waals surface area (Å²) >= 11 is 0. The summed E-state index contributed by atoms with van der Waals surface area (Å²) in [5, 5.41) is 0. The Bertz CT molecular complexity index is 463. The number of hydrogen-bond donors (Lipinski definition) is 0. The molecule has 1 saturated carbocycles. The summed E-state index contributed by atoms with van der Waals surface area (Å²) in [6, 6.07) is 8.77. The molecule has 1 aromatic rings. The van der Waals surface area contributed by atoms with Crippen molar-refractivity contribution in [1.29, 1.82) is 0 Å². The van der Waals surface area contributed by atoms with Gasteiger partial charge >= 0.3 is 0 Å². The molecule has 0 N–H and O–H groups in total. The van der Waals surface area contributed by atoms with E-state index < -0.39 is 0 Å². The molecular formula is C22H34O. The minimum absolute atomic E-state index is 0.00610. The topological polar surface area (TPSA) is 9.23 Å². The van der Waals surface area contributed by atoms with E-state index in [2.05, 4.69) is 57.2 Å². The van der Waals surface area contributed by atoms with Gasteiger partial charge in [-0.2, -0.15) is 0 Å². The van der Waals surface area contributed by atoms with Gasteiger partial charge in [0.15, 0.2) is 0 Å². The highest BCUT2D eigenvalue weighted by Gasteiger charge is 2.21. The van der Waals surface area contributed by atoms with Crippen molar-refractivity contribution in [3.05, 3.63) is 41.5 Å². The van der Waals surface area contributed by atoms with E-state index in [9.17, 15) is 0 Å². The molecule has 1 heteroatoms. The predicted molar refractivity (Wildman–Crippen MR) is 101 cm³/mol. The molecule has 1 nitrogen and oxygen atoms in total. The van der Waals surface area contributed by atoms with Crippen LogP contribution >= 0.6 is 0 Å². The van der Waals surface area contributed by atoms with Crippen LogP contribution in [-0.4, -0.2) is 12.2 Å². The summed E-state index contributed by atoms with van der Waals surface area (Å²) < 4.78 is 6.10. The molecule has 0 heterocycles. The number of rotatable bonds is 8. The minimum atomic E-state index is -0.00610. The van der Waals surface area contributed by atoms with Gasteiger partial charge in [0.2, 0.25) is 0 Å². The van der Waals surface area contributed by atoms with Crippen molar-refractivity contribution in [2.24, 2.45) is 5.92 Å². The summed E-state index contributed by atoms with van der Waals surface area (Å²) in [6.45, 7) is 7.36. The molecule has 0 aliphatic heterocycles. The third kappa shape index (κ3) is 6.91. The molecule has 2 rings (SSSR count). The quantitative estimate of drug-likeness (QED) is 0.538. The summed E-state index contributed by atoms with van der Waals surface area (Å²) in [4.78, 5) is 0. The molecule has 23 heavy (non-hydrogen) atoms. The van der Waals surface area contributed by atoms with Crippen molar-refractivity contribution in [1.82, 2.24) is 0 Å². The van der Waals surface area contributed by atoms with Crippen molar-refractivity contribution in [2.45, 2.75) is 77.7 Å². The molecule has 1 aromatic carbocycles. The zero-order valence-electron chi connectivity index (χ0n) is 15.3. The van der Waals surface area contributed by atoms with Crippen LogP contribution in [0.2, 0.25) is 0 Å². The lowest BCUT2D eigenvalue weighted by atomic mass is 9.84. The van der Waals surface area contributed by atoms with Crippen LogP contribution in [0.3, 0.4) is 0 Å². The summed E-state index contributed by atoms with van der Waals surface area (Å²) in [5.41, 5.74) is 2.64. The standard InChI is InChI=1S/C22H34O/c1-4-19-12-14-21(15-13-19)11-8-18-23-22(2,3)17-16-20-9-6-5-7-10-20/h8,11-15,20H,4-7,9-10,16-18H2,1-3H3/b11-8+. The first-order chi connectivity index (χ1) is 11.1. The van der Waals surface area contributed by atoms with E-state index >= 15 is 0 Å². The van der Waals surface area contributed by atoms with Gasteiger partial charge in [0.25, 0.3) is 0 Å². The maximum Gasteiger partial charge on any atom is 0.0657 e. The van der Waals surface area contributed by atoms with Crippen LogP contribution in [0, 0.1) is 5.92 Å². The van der Waals surface area contributed by atoms with Gasteiger partial charge in [-0.05, 0) is 50.2 Å². The molecule has 0 bridgehead atoms. The minimum Gasteiger partial charge on any atom is -0.372 e. The van der Waals surface area contributed by atoms with Crippen molar-refractivity contribution in [3.8, 4) is 0 Å². The molecule has 0 aromatic heterocycles. The van der Waals surface area contributed by atoms with Crippen molar-refractivity contribution >= 4 is 6.08 Å². The number of ether oxygens (including phenoxy) is 1. The van der Waals surface area contributed by atoms with E-state index in [0.29, 0.717) is 6.61 Å². The monoisotopic (exact) mass is 314 g/mol. The Kier molecular flexibility index (Phi) is 7.36. The van der Waals surface area contributed by atoms with E-state index in [1.807, 2.05) is 0 Å². The third-order valence-corrected chi connectivity index (χ3v) is 5.15. The fourth-order valence-corrected chi connectivity index (χ4v) is 3.42. The molecule has 1 fully saturated rings. The molecule has 1 aliphatic carbocycles. The number of aryl methyl sites for hydroxylation is 1. The van der Waals surface area contributed by atoms with Crippen LogP contribution < -0.4 is 0 Å². The average Bonchev–Trinajstić information content (AvgIpc) is 2.58. The van der Waals surface area contributed by atoms with Gasteiger partial charge in [0.05, 0.1) is 12.2 Å². The Labute approximate surface area is 143 Å².